The maximum atomic E-state index is 11.6. The van der Waals surface area contributed by atoms with Crippen LogP contribution in [0.2, 0.25) is 4.34 Å². The summed E-state index contributed by atoms with van der Waals surface area (Å²) < 4.78 is 0.641. The lowest BCUT2D eigenvalue weighted by atomic mass is 10.2. The first-order valence-corrected chi connectivity index (χ1v) is 6.39. The minimum Gasteiger partial charge on any atom is -0.288 e. The summed E-state index contributed by atoms with van der Waals surface area (Å²) in [5, 5.41) is 3.97. The van der Waals surface area contributed by atoms with Crippen LogP contribution >= 0.6 is 34.3 Å². The van der Waals surface area contributed by atoms with Gasteiger partial charge in [0.1, 0.15) is 0 Å². The molecule has 4 heteroatoms. The van der Waals surface area contributed by atoms with E-state index in [4.69, 9.17) is 11.6 Å². The number of carbonyl (C=O) groups excluding carboxylic acids is 1. The monoisotopic (exact) mass is 254 g/mol. The second-order valence-electron chi connectivity index (χ2n) is 2.86. The number of allylic oxidation sites excluding steroid dienone is 1. The van der Waals surface area contributed by atoms with Crippen LogP contribution in [0.3, 0.4) is 0 Å². The van der Waals surface area contributed by atoms with Crippen molar-refractivity contribution in [1.82, 2.24) is 0 Å². The molecule has 0 aromatic carbocycles. The van der Waals surface area contributed by atoms with E-state index in [1.807, 2.05) is 22.9 Å². The molecule has 2 aromatic heterocycles. The van der Waals surface area contributed by atoms with Gasteiger partial charge in [-0.15, -0.1) is 11.3 Å². The van der Waals surface area contributed by atoms with Crippen molar-refractivity contribution in [2.24, 2.45) is 0 Å². The van der Waals surface area contributed by atoms with Gasteiger partial charge in [-0.1, -0.05) is 17.7 Å². The fraction of sp³-hybridized carbons (Fsp3) is 0. The molecule has 0 unspecified atom stereocenters. The molecule has 0 bridgehead atoms. The Kier molecular flexibility index (Phi) is 3.36. The highest BCUT2D eigenvalue weighted by Gasteiger charge is 2.04. The molecule has 0 aliphatic carbocycles. The molecule has 2 heterocycles. The fourth-order valence-electron chi connectivity index (χ4n) is 1.07. The summed E-state index contributed by atoms with van der Waals surface area (Å²) in [5.74, 6) is -0.00176. The van der Waals surface area contributed by atoms with Gasteiger partial charge in [-0.3, -0.25) is 4.79 Å². The molecule has 0 amide bonds. The second kappa shape index (κ2) is 4.75. The van der Waals surface area contributed by atoms with E-state index < -0.39 is 0 Å². The molecular weight excluding hydrogens is 248 g/mol. The minimum absolute atomic E-state index is 0.00176. The van der Waals surface area contributed by atoms with Gasteiger partial charge in [0.15, 0.2) is 5.78 Å². The lowest BCUT2D eigenvalue weighted by Crippen LogP contribution is -1.87. The van der Waals surface area contributed by atoms with Crippen LogP contribution < -0.4 is 0 Å². The van der Waals surface area contributed by atoms with Crippen molar-refractivity contribution in [3.63, 3.8) is 0 Å². The molecule has 76 valence electrons. The quantitative estimate of drug-likeness (QED) is 0.588. The van der Waals surface area contributed by atoms with E-state index in [9.17, 15) is 4.79 Å². The molecule has 2 aromatic rings. The average molecular weight is 255 g/mol. The third-order valence-electron chi connectivity index (χ3n) is 1.79. The maximum Gasteiger partial charge on any atom is 0.195 e. The van der Waals surface area contributed by atoms with Crippen LogP contribution in [0.25, 0.3) is 6.08 Å². The normalized spacial score (nSPS) is 11.0. The van der Waals surface area contributed by atoms with Crippen molar-refractivity contribution in [2.75, 3.05) is 0 Å². The van der Waals surface area contributed by atoms with Crippen LogP contribution in [0.15, 0.2) is 35.0 Å². The van der Waals surface area contributed by atoms with E-state index in [1.165, 1.54) is 11.3 Å². The Hall–Kier alpha value is -0.900. The summed E-state index contributed by atoms with van der Waals surface area (Å²) in [6, 6.07) is 5.45. The molecule has 0 spiro atoms. The summed E-state index contributed by atoms with van der Waals surface area (Å²) in [7, 11) is 0. The standard InChI is InChI=1S/C11H7ClOS2/c12-11-4-3-10(15-11)9(13)2-1-8-5-6-14-7-8/h1-7H/b2-1+. The Morgan fingerprint density at radius 2 is 2.20 bits per heavy atom. The van der Waals surface area contributed by atoms with E-state index >= 15 is 0 Å². The van der Waals surface area contributed by atoms with Crippen LogP contribution in [0.1, 0.15) is 15.2 Å². The van der Waals surface area contributed by atoms with E-state index in [0.29, 0.717) is 9.21 Å². The van der Waals surface area contributed by atoms with Crippen molar-refractivity contribution in [3.05, 3.63) is 49.8 Å². The maximum absolute atomic E-state index is 11.6. The first-order valence-electron chi connectivity index (χ1n) is 4.25. The van der Waals surface area contributed by atoms with Crippen LogP contribution in [-0.4, -0.2) is 5.78 Å². The summed E-state index contributed by atoms with van der Waals surface area (Å²) in [5.41, 5.74) is 1.05. The molecular formula is C11H7ClOS2. The van der Waals surface area contributed by atoms with Gasteiger partial charge in [0.2, 0.25) is 0 Å². The summed E-state index contributed by atoms with van der Waals surface area (Å²) in [6.45, 7) is 0. The van der Waals surface area contributed by atoms with Gasteiger partial charge in [0.25, 0.3) is 0 Å². The molecule has 0 N–H and O–H groups in total. The summed E-state index contributed by atoms with van der Waals surface area (Å²) >= 11 is 8.66. The largest absolute Gasteiger partial charge is 0.288 e. The lowest BCUT2D eigenvalue weighted by Gasteiger charge is -1.87. The summed E-state index contributed by atoms with van der Waals surface area (Å²) in [6.07, 6.45) is 3.39. The van der Waals surface area contributed by atoms with Gasteiger partial charge >= 0.3 is 0 Å². The Bertz CT molecular complexity index is 482. The number of halogens is 1. The molecule has 0 saturated carbocycles. The molecule has 1 nitrogen and oxygen atoms in total. The number of carbonyl (C=O) groups is 1. The minimum atomic E-state index is -0.00176. The second-order valence-corrected chi connectivity index (χ2v) is 5.35. The van der Waals surface area contributed by atoms with E-state index in [0.717, 1.165) is 5.56 Å². The first-order chi connectivity index (χ1) is 7.25. The van der Waals surface area contributed by atoms with Gasteiger partial charge in [0.05, 0.1) is 9.21 Å². The van der Waals surface area contributed by atoms with Crippen molar-refractivity contribution >= 4 is 46.1 Å². The molecule has 0 saturated heterocycles. The molecule has 0 fully saturated rings. The van der Waals surface area contributed by atoms with Crippen molar-refractivity contribution in [1.29, 1.82) is 0 Å². The van der Waals surface area contributed by atoms with E-state index in [2.05, 4.69) is 0 Å². The molecule has 0 radical (unpaired) electrons. The molecule has 2 rings (SSSR count). The average Bonchev–Trinajstić information content (AvgIpc) is 2.84. The zero-order valence-electron chi connectivity index (χ0n) is 7.64. The highest BCUT2D eigenvalue weighted by Crippen LogP contribution is 2.22. The smallest absolute Gasteiger partial charge is 0.195 e. The van der Waals surface area contributed by atoms with Gasteiger partial charge < -0.3 is 0 Å². The zero-order chi connectivity index (χ0) is 10.7. The van der Waals surface area contributed by atoms with Crippen molar-refractivity contribution < 1.29 is 4.79 Å². The Morgan fingerprint density at radius 1 is 1.33 bits per heavy atom. The lowest BCUT2D eigenvalue weighted by molar-refractivity contribution is 0.105. The number of ketones is 1. The highest BCUT2D eigenvalue weighted by molar-refractivity contribution is 7.18. The van der Waals surface area contributed by atoms with Gasteiger partial charge in [-0.25, -0.2) is 0 Å². The number of hydrogen-bond donors (Lipinski definition) is 0. The highest BCUT2D eigenvalue weighted by atomic mass is 35.5. The Labute approximate surface area is 101 Å². The fourth-order valence-corrected chi connectivity index (χ4v) is 2.66. The summed E-state index contributed by atoms with van der Waals surface area (Å²) in [4.78, 5) is 12.3. The van der Waals surface area contributed by atoms with Crippen LogP contribution in [0, 0.1) is 0 Å². The van der Waals surface area contributed by atoms with E-state index in [1.54, 1.807) is 29.5 Å². The number of thiophene rings is 2. The predicted molar refractivity (Wildman–Crippen MR) is 67.0 cm³/mol. The number of hydrogen-bond acceptors (Lipinski definition) is 3. The number of rotatable bonds is 3. The third-order valence-corrected chi connectivity index (χ3v) is 3.73. The van der Waals surface area contributed by atoms with Crippen molar-refractivity contribution in [3.8, 4) is 0 Å². The predicted octanol–water partition coefficient (Wildman–Crippen LogP) is 4.36. The molecule has 0 aliphatic heterocycles. The van der Waals surface area contributed by atoms with E-state index in [-0.39, 0.29) is 5.78 Å². The topological polar surface area (TPSA) is 17.1 Å². The third kappa shape index (κ3) is 2.78. The molecule has 0 aliphatic rings. The van der Waals surface area contributed by atoms with Crippen molar-refractivity contribution in [2.45, 2.75) is 0 Å². The Morgan fingerprint density at radius 3 is 2.80 bits per heavy atom. The SMILES string of the molecule is O=C(/C=C/c1ccsc1)c1ccc(Cl)s1. The van der Waals surface area contributed by atoms with Crippen LogP contribution in [0.4, 0.5) is 0 Å². The van der Waals surface area contributed by atoms with Gasteiger partial charge in [-0.2, -0.15) is 11.3 Å². The first kappa shape index (κ1) is 10.6. The van der Waals surface area contributed by atoms with Gasteiger partial charge in [0, 0.05) is 0 Å². The Balaban J connectivity index is 2.10. The molecule has 0 atom stereocenters. The zero-order valence-corrected chi connectivity index (χ0v) is 10.0. The van der Waals surface area contributed by atoms with Gasteiger partial charge in [-0.05, 0) is 40.6 Å². The molecule has 15 heavy (non-hydrogen) atoms. The van der Waals surface area contributed by atoms with Crippen LogP contribution in [0.5, 0.6) is 0 Å². The van der Waals surface area contributed by atoms with Crippen LogP contribution in [-0.2, 0) is 0 Å².